The number of aliphatic hydroxyl groups is 8. The van der Waals surface area contributed by atoms with E-state index in [-0.39, 0.29) is 12.5 Å². The highest BCUT2D eigenvalue weighted by atomic mass is 16.7. The molecule has 2 aliphatic heterocycles. The minimum Gasteiger partial charge on any atom is -0.394 e. The highest BCUT2D eigenvalue weighted by Crippen LogP contribution is 2.30. The van der Waals surface area contributed by atoms with Gasteiger partial charge in [0.2, 0.25) is 5.91 Å². The molecule has 12 atom stereocenters. The number of carbonyl (C=O) groups is 1. The maximum absolute atomic E-state index is 13.3. The lowest BCUT2D eigenvalue weighted by atomic mass is 9.97. The van der Waals surface area contributed by atoms with E-state index in [1.165, 1.54) is 199 Å². The van der Waals surface area contributed by atoms with Crippen molar-refractivity contribution in [2.45, 2.75) is 357 Å². The lowest BCUT2D eigenvalue weighted by Gasteiger charge is -2.46. The van der Waals surface area contributed by atoms with E-state index in [1.807, 2.05) is 0 Å². The summed E-state index contributed by atoms with van der Waals surface area (Å²) in [6, 6.07) is -0.824. The van der Waals surface area contributed by atoms with Gasteiger partial charge < -0.3 is 65.1 Å². The Bertz CT molecular complexity index is 1400. The third-order valence-corrected chi connectivity index (χ3v) is 16.2. The highest BCUT2D eigenvalue weighted by Gasteiger charge is 2.51. The molecular formula is C64H121NO13. The minimum absolute atomic E-state index is 0.203. The number of hydrogen-bond donors (Lipinski definition) is 9. The molecule has 0 radical (unpaired) electrons. The SMILES string of the molecule is CCCCCCC/C=C\C/C=C\CCCCCCCCCCCCCCCCCCCCCCCC(=O)NC(COC1OC(CO)C(OC2OC(CO)C(O)C(O)C2O)C(O)C1O)C(O)CCCCCCCCCCCCC. The standard InChI is InChI=1S/C64H121NO13/c1-3-5-7-9-11-13-15-16-17-18-19-20-21-22-23-24-25-26-27-28-29-30-31-32-33-34-35-36-38-40-42-44-46-48-56(69)65-52(53(68)47-45-43-41-39-37-14-12-10-8-6-4-2)51-75-63-61(74)59(72)62(55(50-67)77-63)78-64-60(73)58(71)57(70)54(49-66)76-64/h15-16,18-19,52-55,57-64,66-68,70-74H,3-14,17,20-51H2,1-2H3,(H,65,69)/b16-15-,19-18-. The number of unbranched alkanes of at least 4 members (excludes halogenated alkanes) is 36. The van der Waals surface area contributed by atoms with Gasteiger partial charge in [0.1, 0.15) is 48.8 Å². The van der Waals surface area contributed by atoms with Crippen molar-refractivity contribution in [3.63, 3.8) is 0 Å². The van der Waals surface area contributed by atoms with Gasteiger partial charge in [0, 0.05) is 6.42 Å². The van der Waals surface area contributed by atoms with Crippen LogP contribution in [-0.4, -0.2) is 140 Å². The van der Waals surface area contributed by atoms with Gasteiger partial charge in [0.25, 0.3) is 0 Å². The summed E-state index contributed by atoms with van der Waals surface area (Å²) in [5, 5.41) is 87.2. The molecule has 2 rings (SSSR count). The van der Waals surface area contributed by atoms with Crippen molar-refractivity contribution in [2.24, 2.45) is 0 Å². The van der Waals surface area contributed by atoms with Crippen LogP contribution in [0.25, 0.3) is 0 Å². The summed E-state index contributed by atoms with van der Waals surface area (Å²) < 4.78 is 22.8. The van der Waals surface area contributed by atoms with Gasteiger partial charge in [-0.15, -0.1) is 0 Å². The van der Waals surface area contributed by atoms with Crippen LogP contribution in [0.15, 0.2) is 24.3 Å². The fourth-order valence-corrected chi connectivity index (χ4v) is 10.9. The van der Waals surface area contributed by atoms with Crippen LogP contribution in [0.2, 0.25) is 0 Å². The molecule has 2 saturated heterocycles. The van der Waals surface area contributed by atoms with Crippen molar-refractivity contribution in [3.8, 4) is 0 Å². The first kappa shape index (κ1) is 72.6. The zero-order valence-electron chi connectivity index (χ0n) is 49.7. The van der Waals surface area contributed by atoms with Crippen LogP contribution >= 0.6 is 0 Å². The number of ether oxygens (including phenoxy) is 4. The van der Waals surface area contributed by atoms with Gasteiger partial charge in [-0.1, -0.05) is 256 Å². The van der Waals surface area contributed by atoms with Gasteiger partial charge in [0.15, 0.2) is 12.6 Å². The fraction of sp³-hybridized carbons (Fsp3) is 0.922. The zero-order valence-corrected chi connectivity index (χ0v) is 49.7. The van der Waals surface area contributed by atoms with Gasteiger partial charge in [0.05, 0.1) is 32.0 Å². The highest BCUT2D eigenvalue weighted by molar-refractivity contribution is 5.76. The molecule has 0 saturated carbocycles. The third kappa shape index (κ3) is 34.8. The normalized spacial score (nSPS) is 24.6. The predicted molar refractivity (Wildman–Crippen MR) is 314 cm³/mol. The van der Waals surface area contributed by atoms with E-state index >= 15 is 0 Å². The Balaban J connectivity index is 1.59. The second-order valence-electron chi connectivity index (χ2n) is 23.2. The van der Waals surface area contributed by atoms with Gasteiger partial charge in [-0.25, -0.2) is 0 Å². The molecule has 0 spiro atoms. The molecule has 0 aromatic rings. The lowest BCUT2D eigenvalue weighted by molar-refractivity contribution is -0.359. The first-order valence-electron chi connectivity index (χ1n) is 32.6. The summed E-state index contributed by atoms with van der Waals surface area (Å²) in [4.78, 5) is 13.3. The van der Waals surface area contributed by atoms with E-state index in [9.17, 15) is 45.6 Å². The molecule has 0 aliphatic carbocycles. The minimum atomic E-state index is -1.78. The molecule has 12 unspecified atom stereocenters. The van der Waals surface area contributed by atoms with Crippen molar-refractivity contribution >= 4 is 5.91 Å². The zero-order chi connectivity index (χ0) is 56.7. The third-order valence-electron chi connectivity index (χ3n) is 16.2. The average Bonchev–Trinajstić information content (AvgIpc) is 3.47. The number of carbonyl (C=O) groups excluding carboxylic acids is 1. The number of amides is 1. The van der Waals surface area contributed by atoms with Crippen LogP contribution in [0.3, 0.4) is 0 Å². The molecule has 0 bridgehead atoms. The molecule has 14 heteroatoms. The van der Waals surface area contributed by atoms with Crippen LogP contribution in [0, 0.1) is 0 Å². The Morgan fingerprint density at radius 2 is 0.846 bits per heavy atom. The van der Waals surface area contributed by atoms with Gasteiger partial charge in [-0.05, 0) is 44.9 Å². The molecule has 2 fully saturated rings. The number of rotatable bonds is 53. The maximum atomic E-state index is 13.3. The number of aliphatic hydroxyl groups excluding tert-OH is 8. The largest absolute Gasteiger partial charge is 0.394 e. The summed E-state index contributed by atoms with van der Waals surface area (Å²) in [5.41, 5.74) is 0. The number of nitrogens with one attached hydrogen (secondary N) is 1. The lowest BCUT2D eigenvalue weighted by Crippen LogP contribution is -2.65. The predicted octanol–water partition coefficient (Wildman–Crippen LogP) is 12.0. The second-order valence-corrected chi connectivity index (χ2v) is 23.2. The molecule has 14 nitrogen and oxygen atoms in total. The molecule has 0 aromatic heterocycles. The maximum Gasteiger partial charge on any atom is 0.220 e. The summed E-state index contributed by atoms with van der Waals surface area (Å²) in [5.74, 6) is -0.203. The van der Waals surface area contributed by atoms with E-state index in [1.54, 1.807) is 0 Å². The summed E-state index contributed by atoms with van der Waals surface area (Å²) in [6.07, 6.45) is 43.6. The quantitative estimate of drug-likeness (QED) is 0.0204. The first-order chi connectivity index (χ1) is 38.1. The van der Waals surface area contributed by atoms with Crippen LogP contribution in [-0.2, 0) is 23.7 Å². The molecule has 78 heavy (non-hydrogen) atoms. The van der Waals surface area contributed by atoms with Crippen LogP contribution in [0.5, 0.6) is 0 Å². The van der Waals surface area contributed by atoms with E-state index in [4.69, 9.17) is 18.9 Å². The molecular weight excluding hydrogens is 991 g/mol. The van der Waals surface area contributed by atoms with E-state index in [2.05, 4.69) is 43.5 Å². The van der Waals surface area contributed by atoms with E-state index in [0.717, 1.165) is 57.8 Å². The fourth-order valence-electron chi connectivity index (χ4n) is 10.9. The molecule has 460 valence electrons. The smallest absolute Gasteiger partial charge is 0.220 e. The van der Waals surface area contributed by atoms with Gasteiger partial charge >= 0.3 is 0 Å². The molecule has 1 amide bonds. The Hall–Kier alpha value is -1.53. The molecule has 2 heterocycles. The summed E-state index contributed by atoms with van der Waals surface area (Å²) in [6.45, 7) is 2.86. The van der Waals surface area contributed by atoms with Gasteiger partial charge in [-0.2, -0.15) is 0 Å². The van der Waals surface area contributed by atoms with E-state index in [0.29, 0.717) is 12.8 Å². The Labute approximate surface area is 475 Å². The monoisotopic (exact) mass is 1110 g/mol. The summed E-state index contributed by atoms with van der Waals surface area (Å²) >= 11 is 0. The Kier molecular flexibility index (Phi) is 46.5. The van der Waals surface area contributed by atoms with Crippen LogP contribution < -0.4 is 5.32 Å². The summed E-state index contributed by atoms with van der Waals surface area (Å²) in [7, 11) is 0. The van der Waals surface area contributed by atoms with E-state index < -0.39 is 86.8 Å². The topological polar surface area (TPSA) is 228 Å². The van der Waals surface area contributed by atoms with Crippen molar-refractivity contribution < 1.29 is 64.6 Å². The number of allylic oxidation sites excluding steroid dienone is 4. The Morgan fingerprint density at radius 1 is 0.462 bits per heavy atom. The Morgan fingerprint density at radius 3 is 1.28 bits per heavy atom. The van der Waals surface area contributed by atoms with Crippen molar-refractivity contribution in [2.75, 3.05) is 19.8 Å². The van der Waals surface area contributed by atoms with Crippen LogP contribution in [0.1, 0.15) is 284 Å². The van der Waals surface area contributed by atoms with Crippen molar-refractivity contribution in [3.05, 3.63) is 24.3 Å². The average molecular weight is 1110 g/mol. The molecule has 9 N–H and O–H groups in total. The van der Waals surface area contributed by atoms with Crippen LogP contribution in [0.4, 0.5) is 0 Å². The number of hydrogen-bond acceptors (Lipinski definition) is 13. The molecule has 2 aliphatic rings. The van der Waals surface area contributed by atoms with Gasteiger partial charge in [-0.3, -0.25) is 4.79 Å². The first-order valence-corrected chi connectivity index (χ1v) is 32.6. The second kappa shape index (κ2) is 50.0. The van der Waals surface area contributed by atoms with Crippen molar-refractivity contribution in [1.29, 1.82) is 0 Å². The van der Waals surface area contributed by atoms with Crippen molar-refractivity contribution in [1.82, 2.24) is 5.32 Å². The molecule has 0 aromatic carbocycles.